The fourth-order valence-electron chi connectivity index (χ4n) is 1.45. The van der Waals surface area contributed by atoms with Gasteiger partial charge in [0.25, 0.3) is 0 Å². The maximum Gasteiger partial charge on any atom is 0.330 e. The van der Waals surface area contributed by atoms with Crippen LogP contribution in [0.25, 0.3) is 12.2 Å². The van der Waals surface area contributed by atoms with E-state index in [1.165, 1.54) is 19.3 Å². The molecule has 8 heteroatoms. The molecule has 0 saturated heterocycles. The fourth-order valence-corrected chi connectivity index (χ4v) is 1.45. The number of nitrogens with zero attached hydrogens (tertiary/aromatic N) is 4. The first kappa shape index (κ1) is 17.9. The second kappa shape index (κ2) is 8.98. The van der Waals surface area contributed by atoms with Gasteiger partial charge in [0, 0.05) is 49.8 Å². The lowest BCUT2D eigenvalue weighted by Gasteiger charge is -1.87. The van der Waals surface area contributed by atoms with Crippen LogP contribution in [0, 0.1) is 0 Å². The highest BCUT2D eigenvalue weighted by atomic mass is 16.5. The number of carbonyl (C=O) groups excluding carboxylic acids is 1. The summed E-state index contributed by atoms with van der Waals surface area (Å²) in [4.78, 5) is 20.7. The number of hydrogen-bond acceptors (Lipinski definition) is 5. The Balaban J connectivity index is 0.000000231. The van der Waals surface area contributed by atoms with Gasteiger partial charge < -0.3 is 9.84 Å². The van der Waals surface area contributed by atoms with Crippen molar-refractivity contribution in [3.63, 3.8) is 0 Å². The molecule has 0 radical (unpaired) electrons. The van der Waals surface area contributed by atoms with E-state index in [9.17, 15) is 9.59 Å². The molecular weight excluding hydrogens is 300 g/mol. The molecule has 0 bridgehead atoms. The van der Waals surface area contributed by atoms with E-state index in [1.807, 2.05) is 7.05 Å². The van der Waals surface area contributed by atoms with E-state index >= 15 is 0 Å². The topological polar surface area (TPSA) is 99.2 Å². The second-order valence-electron chi connectivity index (χ2n) is 4.42. The van der Waals surface area contributed by atoms with Gasteiger partial charge in [-0.15, -0.1) is 0 Å². The minimum atomic E-state index is -0.950. The second-order valence-corrected chi connectivity index (χ2v) is 4.42. The molecule has 122 valence electrons. The van der Waals surface area contributed by atoms with Gasteiger partial charge in [0.1, 0.15) is 0 Å². The van der Waals surface area contributed by atoms with Gasteiger partial charge in [-0.3, -0.25) is 9.36 Å². The largest absolute Gasteiger partial charge is 0.478 e. The van der Waals surface area contributed by atoms with Crippen molar-refractivity contribution in [3.8, 4) is 0 Å². The summed E-state index contributed by atoms with van der Waals surface area (Å²) in [6.07, 6.45) is 12.4. The molecule has 0 atom stereocenters. The van der Waals surface area contributed by atoms with Crippen molar-refractivity contribution in [2.45, 2.75) is 0 Å². The Morgan fingerprint density at radius 1 is 1.04 bits per heavy atom. The predicted molar refractivity (Wildman–Crippen MR) is 84.1 cm³/mol. The lowest BCUT2D eigenvalue weighted by molar-refractivity contribution is -0.135. The molecule has 0 fully saturated rings. The molecule has 2 aromatic heterocycles. The first-order valence-corrected chi connectivity index (χ1v) is 6.55. The molecule has 2 aromatic rings. The molecule has 0 aliphatic rings. The highest BCUT2D eigenvalue weighted by molar-refractivity contribution is 5.86. The summed E-state index contributed by atoms with van der Waals surface area (Å²) in [7, 11) is 4.93. The Bertz CT molecular complexity index is 713. The first-order chi connectivity index (χ1) is 10.9. The smallest absolute Gasteiger partial charge is 0.330 e. The predicted octanol–water partition coefficient (Wildman–Crippen LogP) is 1.12. The zero-order chi connectivity index (χ0) is 17.2. The van der Waals surface area contributed by atoms with E-state index in [0.717, 1.165) is 17.2 Å². The van der Waals surface area contributed by atoms with Gasteiger partial charge in [-0.25, -0.2) is 9.59 Å². The third-order valence-corrected chi connectivity index (χ3v) is 2.48. The summed E-state index contributed by atoms with van der Waals surface area (Å²) in [6, 6.07) is 0. The van der Waals surface area contributed by atoms with Crippen LogP contribution in [0.3, 0.4) is 0 Å². The molecule has 8 nitrogen and oxygen atoms in total. The number of aryl methyl sites for hydroxylation is 2. The summed E-state index contributed by atoms with van der Waals surface area (Å²) in [6.45, 7) is 0. The number of methoxy groups -OCH3 is 1. The number of carboxylic acids is 1. The van der Waals surface area contributed by atoms with Crippen molar-refractivity contribution in [3.05, 3.63) is 48.1 Å². The molecule has 0 unspecified atom stereocenters. The minimum absolute atomic E-state index is 0.362. The number of hydrogen-bond donors (Lipinski definition) is 1. The van der Waals surface area contributed by atoms with Crippen molar-refractivity contribution in [1.29, 1.82) is 0 Å². The van der Waals surface area contributed by atoms with Crippen LogP contribution >= 0.6 is 0 Å². The fraction of sp³-hybridized carbons (Fsp3) is 0.200. The molecule has 0 aliphatic carbocycles. The SMILES string of the molecule is COC(=O)/C=C/c1cnn(C)c1.Cn1cc(/C=C/C(=O)O)cn1. The van der Waals surface area contributed by atoms with Crippen LogP contribution in [0.1, 0.15) is 11.1 Å². The number of aliphatic carboxylic acids is 1. The molecule has 0 spiro atoms. The van der Waals surface area contributed by atoms with Gasteiger partial charge in [-0.05, 0) is 12.2 Å². The summed E-state index contributed by atoms with van der Waals surface area (Å²) >= 11 is 0. The number of carbonyl (C=O) groups is 2. The summed E-state index contributed by atoms with van der Waals surface area (Å²) < 4.78 is 7.70. The first-order valence-electron chi connectivity index (χ1n) is 6.55. The molecule has 1 N–H and O–H groups in total. The number of aromatic nitrogens is 4. The van der Waals surface area contributed by atoms with Gasteiger partial charge in [-0.1, -0.05) is 0 Å². The maximum absolute atomic E-state index is 10.7. The Hall–Kier alpha value is -3.16. The van der Waals surface area contributed by atoms with Crippen LogP contribution < -0.4 is 0 Å². The molecule has 0 aliphatic heterocycles. The minimum Gasteiger partial charge on any atom is -0.478 e. The average Bonchev–Trinajstić information content (AvgIpc) is 3.11. The van der Waals surface area contributed by atoms with E-state index in [0.29, 0.717) is 0 Å². The summed E-state index contributed by atoms with van der Waals surface area (Å²) in [5, 5.41) is 16.1. The quantitative estimate of drug-likeness (QED) is 0.670. The van der Waals surface area contributed by atoms with E-state index in [1.54, 1.807) is 47.3 Å². The molecule has 0 aromatic carbocycles. The Labute approximate surface area is 133 Å². The van der Waals surface area contributed by atoms with E-state index < -0.39 is 5.97 Å². The van der Waals surface area contributed by atoms with Gasteiger partial charge in [0.15, 0.2) is 0 Å². The number of carboxylic acid groups (broad SMARTS) is 1. The van der Waals surface area contributed by atoms with E-state index in [-0.39, 0.29) is 5.97 Å². The van der Waals surface area contributed by atoms with Crippen molar-refractivity contribution in [2.75, 3.05) is 7.11 Å². The van der Waals surface area contributed by atoms with Gasteiger partial charge in [0.05, 0.1) is 19.5 Å². The van der Waals surface area contributed by atoms with Crippen molar-refractivity contribution < 1.29 is 19.4 Å². The number of rotatable bonds is 4. The standard InChI is InChI=1S/C8H10N2O2.C7H8N2O2/c1-10-6-7(5-9-10)3-4-8(11)12-2;1-9-5-6(4-8-9)2-3-7(10)11/h3-6H,1-2H3;2-5H,1H3,(H,10,11)/b4-3+;3-2+. The van der Waals surface area contributed by atoms with Crippen LogP contribution in [0.5, 0.6) is 0 Å². The molecule has 0 amide bonds. The molecule has 23 heavy (non-hydrogen) atoms. The van der Waals surface area contributed by atoms with Crippen LogP contribution in [-0.4, -0.2) is 43.7 Å². The zero-order valence-corrected chi connectivity index (χ0v) is 13.1. The van der Waals surface area contributed by atoms with Gasteiger partial charge >= 0.3 is 11.9 Å². The van der Waals surface area contributed by atoms with Crippen LogP contribution in [0.2, 0.25) is 0 Å². The van der Waals surface area contributed by atoms with Gasteiger partial charge in [0.2, 0.25) is 0 Å². The van der Waals surface area contributed by atoms with Gasteiger partial charge in [-0.2, -0.15) is 10.2 Å². The third-order valence-electron chi connectivity index (χ3n) is 2.48. The molecule has 0 saturated carbocycles. The van der Waals surface area contributed by atoms with Crippen molar-refractivity contribution in [2.24, 2.45) is 14.1 Å². The lowest BCUT2D eigenvalue weighted by atomic mass is 10.3. The Kier molecular flexibility index (Phi) is 6.99. The Morgan fingerprint density at radius 2 is 1.52 bits per heavy atom. The molecule has 2 heterocycles. The van der Waals surface area contributed by atoms with Crippen LogP contribution in [-0.2, 0) is 28.4 Å². The molecular formula is C15H18N4O4. The van der Waals surface area contributed by atoms with Crippen molar-refractivity contribution >= 4 is 24.1 Å². The zero-order valence-electron chi connectivity index (χ0n) is 13.1. The normalized spacial score (nSPS) is 10.6. The number of esters is 1. The lowest BCUT2D eigenvalue weighted by Crippen LogP contribution is -1.92. The molecule has 2 rings (SSSR count). The van der Waals surface area contributed by atoms with Crippen LogP contribution in [0.15, 0.2) is 36.9 Å². The summed E-state index contributed by atoms with van der Waals surface area (Å²) in [5.74, 6) is -1.31. The highest BCUT2D eigenvalue weighted by Crippen LogP contribution is 1.99. The van der Waals surface area contributed by atoms with E-state index in [4.69, 9.17) is 5.11 Å². The van der Waals surface area contributed by atoms with Crippen LogP contribution in [0.4, 0.5) is 0 Å². The summed E-state index contributed by atoms with van der Waals surface area (Å²) in [5.41, 5.74) is 1.66. The van der Waals surface area contributed by atoms with E-state index in [2.05, 4.69) is 14.9 Å². The van der Waals surface area contributed by atoms with Crippen molar-refractivity contribution in [1.82, 2.24) is 19.6 Å². The Morgan fingerprint density at radius 3 is 1.87 bits per heavy atom. The highest BCUT2D eigenvalue weighted by Gasteiger charge is 1.93. The monoisotopic (exact) mass is 318 g/mol. The number of ether oxygens (including phenoxy) is 1. The average molecular weight is 318 g/mol. The maximum atomic E-state index is 10.7. The third kappa shape index (κ3) is 7.42.